The maximum atomic E-state index is 13.4. The van der Waals surface area contributed by atoms with Crippen LogP contribution in [-0.2, 0) is 16.5 Å². The largest absolute Gasteiger partial charge is 0.433 e. The summed E-state index contributed by atoms with van der Waals surface area (Å²) in [6.07, 6.45) is -3.58. The number of nitrogens with one attached hydrogen (secondary N) is 1. The van der Waals surface area contributed by atoms with Gasteiger partial charge in [0.15, 0.2) is 11.5 Å². The molecule has 2 heterocycles. The summed E-state index contributed by atoms with van der Waals surface area (Å²) < 4.78 is 46.0. The van der Waals surface area contributed by atoms with Crippen LogP contribution in [0.15, 0.2) is 10.7 Å². The number of hydrogen-bond donors (Lipinski definition) is 1. The zero-order valence-corrected chi connectivity index (χ0v) is 13.9. The Morgan fingerprint density at radius 2 is 1.96 bits per heavy atom. The minimum absolute atomic E-state index is 0.0677. The normalized spacial score (nSPS) is 12.7. The number of halogens is 3. The standard InChI is InChI=1S/C14H18F3N5O2/c1-7(2)22-10(14(15,16)17)9(6-18-22)11-19-12(21-24-11)13(4,5)20-8(3)23/h6-7H,1-5H3,(H,20,23). The highest BCUT2D eigenvalue weighted by atomic mass is 19.4. The molecule has 1 N–H and O–H groups in total. The van der Waals surface area contributed by atoms with E-state index in [2.05, 4.69) is 20.6 Å². The Morgan fingerprint density at radius 1 is 1.33 bits per heavy atom. The number of carbonyl (C=O) groups excluding carboxylic acids is 1. The summed E-state index contributed by atoms with van der Waals surface area (Å²) in [5, 5.41) is 10.1. The second-order valence-corrected chi connectivity index (χ2v) is 6.17. The molecule has 24 heavy (non-hydrogen) atoms. The van der Waals surface area contributed by atoms with Crippen molar-refractivity contribution in [3.63, 3.8) is 0 Å². The molecule has 132 valence electrons. The number of rotatable bonds is 4. The molecule has 7 nitrogen and oxygen atoms in total. The van der Waals surface area contributed by atoms with Gasteiger partial charge in [0.05, 0.1) is 17.3 Å². The van der Waals surface area contributed by atoms with Crippen molar-refractivity contribution in [3.8, 4) is 11.5 Å². The van der Waals surface area contributed by atoms with Crippen molar-refractivity contribution < 1.29 is 22.5 Å². The Kier molecular flexibility index (Phi) is 4.42. The van der Waals surface area contributed by atoms with Crippen molar-refractivity contribution in [2.75, 3.05) is 0 Å². The lowest BCUT2D eigenvalue weighted by Gasteiger charge is -2.20. The van der Waals surface area contributed by atoms with Gasteiger partial charge in [0.1, 0.15) is 0 Å². The first kappa shape index (κ1) is 18.0. The van der Waals surface area contributed by atoms with Gasteiger partial charge in [-0.05, 0) is 27.7 Å². The first-order valence-corrected chi connectivity index (χ1v) is 7.21. The highest BCUT2D eigenvalue weighted by Crippen LogP contribution is 2.38. The molecular weight excluding hydrogens is 327 g/mol. The third kappa shape index (κ3) is 3.41. The predicted octanol–water partition coefficient (Wildman–Crippen LogP) is 2.90. The SMILES string of the molecule is CC(=O)NC(C)(C)c1noc(-c2cnn(C(C)C)c2C(F)(F)F)n1. The maximum absolute atomic E-state index is 13.4. The predicted molar refractivity (Wildman–Crippen MR) is 77.7 cm³/mol. The average molecular weight is 345 g/mol. The number of alkyl halides is 3. The van der Waals surface area contributed by atoms with Crippen LogP contribution in [0.2, 0.25) is 0 Å². The van der Waals surface area contributed by atoms with Gasteiger partial charge in [0, 0.05) is 13.0 Å². The van der Waals surface area contributed by atoms with E-state index >= 15 is 0 Å². The highest BCUT2D eigenvalue weighted by molar-refractivity contribution is 5.73. The Labute approximate surface area is 136 Å². The number of amides is 1. The summed E-state index contributed by atoms with van der Waals surface area (Å²) in [4.78, 5) is 15.2. The van der Waals surface area contributed by atoms with Crippen LogP contribution >= 0.6 is 0 Å². The third-order valence-corrected chi connectivity index (χ3v) is 3.26. The quantitative estimate of drug-likeness (QED) is 0.921. The van der Waals surface area contributed by atoms with Crippen LogP contribution in [-0.4, -0.2) is 25.8 Å². The molecule has 0 bridgehead atoms. The number of aromatic nitrogens is 4. The minimum atomic E-state index is -4.63. The summed E-state index contributed by atoms with van der Waals surface area (Å²) in [5.41, 5.74) is -2.24. The van der Waals surface area contributed by atoms with E-state index in [1.54, 1.807) is 27.7 Å². The average Bonchev–Trinajstić information content (AvgIpc) is 3.03. The van der Waals surface area contributed by atoms with Gasteiger partial charge < -0.3 is 9.84 Å². The third-order valence-electron chi connectivity index (χ3n) is 3.26. The smallest absolute Gasteiger partial charge is 0.344 e. The van der Waals surface area contributed by atoms with Crippen LogP contribution < -0.4 is 5.32 Å². The van der Waals surface area contributed by atoms with Crippen molar-refractivity contribution in [1.82, 2.24) is 25.2 Å². The van der Waals surface area contributed by atoms with Crippen LogP contribution in [0.5, 0.6) is 0 Å². The first-order valence-electron chi connectivity index (χ1n) is 7.21. The summed E-state index contributed by atoms with van der Waals surface area (Å²) in [6.45, 7) is 7.73. The molecule has 0 unspecified atom stereocenters. The van der Waals surface area contributed by atoms with E-state index in [4.69, 9.17) is 4.52 Å². The number of nitrogens with zero attached hydrogens (tertiary/aromatic N) is 4. The number of hydrogen-bond acceptors (Lipinski definition) is 5. The van der Waals surface area contributed by atoms with Crippen molar-refractivity contribution in [2.24, 2.45) is 0 Å². The molecule has 0 aliphatic rings. The van der Waals surface area contributed by atoms with Crippen molar-refractivity contribution in [3.05, 3.63) is 17.7 Å². The van der Waals surface area contributed by atoms with E-state index in [-0.39, 0.29) is 23.2 Å². The molecule has 0 aliphatic heterocycles. The molecule has 0 aliphatic carbocycles. The zero-order valence-electron chi connectivity index (χ0n) is 13.9. The fraction of sp³-hybridized carbons (Fsp3) is 0.571. The van der Waals surface area contributed by atoms with Crippen LogP contribution in [0.3, 0.4) is 0 Å². The maximum Gasteiger partial charge on any atom is 0.433 e. The second-order valence-electron chi connectivity index (χ2n) is 6.17. The van der Waals surface area contributed by atoms with Gasteiger partial charge in [-0.3, -0.25) is 9.48 Å². The molecule has 10 heteroatoms. The zero-order chi connectivity index (χ0) is 18.3. The van der Waals surface area contributed by atoms with Gasteiger partial charge in [-0.15, -0.1) is 0 Å². The van der Waals surface area contributed by atoms with Crippen molar-refractivity contribution in [2.45, 2.75) is 52.4 Å². The molecule has 0 spiro atoms. The van der Waals surface area contributed by atoms with Gasteiger partial charge in [-0.25, -0.2) is 0 Å². The first-order chi connectivity index (χ1) is 10.9. The summed E-state index contributed by atoms with van der Waals surface area (Å²) >= 11 is 0. The van der Waals surface area contributed by atoms with Gasteiger partial charge in [0.25, 0.3) is 5.89 Å². The van der Waals surface area contributed by atoms with Gasteiger partial charge in [-0.1, -0.05) is 5.16 Å². The second kappa shape index (κ2) is 5.91. The molecule has 1 amide bonds. The Bertz CT molecular complexity index is 746. The molecule has 0 radical (unpaired) electrons. The van der Waals surface area contributed by atoms with E-state index < -0.39 is 23.5 Å². The Hall–Kier alpha value is -2.39. The fourth-order valence-electron chi connectivity index (χ4n) is 2.28. The molecule has 0 atom stereocenters. The van der Waals surface area contributed by atoms with Crippen molar-refractivity contribution in [1.29, 1.82) is 0 Å². The lowest BCUT2D eigenvalue weighted by molar-refractivity contribution is -0.144. The summed E-state index contributed by atoms with van der Waals surface area (Å²) in [6, 6.07) is -0.492. The van der Waals surface area contributed by atoms with E-state index in [1.165, 1.54) is 6.92 Å². The van der Waals surface area contributed by atoms with E-state index in [0.29, 0.717) is 0 Å². The molecule has 0 aromatic carbocycles. The van der Waals surface area contributed by atoms with Gasteiger partial charge in [0.2, 0.25) is 5.91 Å². The van der Waals surface area contributed by atoms with Crippen LogP contribution in [0.4, 0.5) is 13.2 Å². The summed E-state index contributed by atoms with van der Waals surface area (Å²) in [5.74, 6) is -0.560. The van der Waals surface area contributed by atoms with Crippen molar-refractivity contribution >= 4 is 5.91 Å². The molecular formula is C14H18F3N5O2. The molecule has 0 saturated carbocycles. The van der Waals surface area contributed by atoms with Crippen LogP contribution in [0.1, 0.15) is 52.2 Å². The van der Waals surface area contributed by atoms with E-state index in [1.807, 2.05) is 0 Å². The van der Waals surface area contributed by atoms with Crippen LogP contribution in [0.25, 0.3) is 11.5 Å². The Morgan fingerprint density at radius 3 is 2.46 bits per heavy atom. The Balaban J connectivity index is 2.50. The monoisotopic (exact) mass is 345 g/mol. The summed E-state index contributed by atoms with van der Waals surface area (Å²) in [7, 11) is 0. The lowest BCUT2D eigenvalue weighted by atomic mass is 10.1. The molecule has 0 fully saturated rings. The van der Waals surface area contributed by atoms with Gasteiger partial charge in [-0.2, -0.15) is 23.3 Å². The fourth-order valence-corrected chi connectivity index (χ4v) is 2.28. The highest BCUT2D eigenvalue weighted by Gasteiger charge is 2.41. The molecule has 2 aromatic heterocycles. The molecule has 2 aromatic rings. The lowest BCUT2D eigenvalue weighted by Crippen LogP contribution is -2.40. The molecule has 0 saturated heterocycles. The van der Waals surface area contributed by atoms with E-state index in [9.17, 15) is 18.0 Å². The van der Waals surface area contributed by atoms with Crippen LogP contribution in [0, 0.1) is 0 Å². The van der Waals surface area contributed by atoms with E-state index in [0.717, 1.165) is 10.9 Å². The van der Waals surface area contributed by atoms with Gasteiger partial charge >= 0.3 is 6.18 Å². The number of carbonyl (C=O) groups is 1. The topological polar surface area (TPSA) is 85.8 Å². The minimum Gasteiger partial charge on any atom is -0.344 e. The molecule has 2 rings (SSSR count).